The summed E-state index contributed by atoms with van der Waals surface area (Å²) in [4.78, 5) is 32.1. The van der Waals surface area contributed by atoms with Gasteiger partial charge in [0.05, 0.1) is 18.9 Å². The SMILES string of the molecule is C=C(C(=O)OCC)C(CC(=O)O)C(=O)O. The van der Waals surface area contributed by atoms with E-state index in [4.69, 9.17) is 10.2 Å². The third-order valence-corrected chi connectivity index (χ3v) is 1.64. The molecule has 0 rings (SSSR count). The van der Waals surface area contributed by atoms with Crippen LogP contribution in [0.1, 0.15) is 13.3 Å². The molecule has 0 saturated heterocycles. The molecule has 84 valence electrons. The molecule has 0 aromatic heterocycles. The average Bonchev–Trinajstić information content (AvgIpc) is 2.12. The summed E-state index contributed by atoms with van der Waals surface area (Å²) in [6, 6.07) is 0. The Morgan fingerprint density at radius 3 is 2.20 bits per heavy atom. The largest absolute Gasteiger partial charge is 0.481 e. The summed E-state index contributed by atoms with van der Waals surface area (Å²) in [5.41, 5.74) is -0.355. The van der Waals surface area contributed by atoms with Crippen LogP contribution in [0.5, 0.6) is 0 Å². The fourth-order valence-electron chi connectivity index (χ4n) is 0.900. The van der Waals surface area contributed by atoms with Gasteiger partial charge in [0.2, 0.25) is 0 Å². The normalized spacial score (nSPS) is 11.5. The van der Waals surface area contributed by atoms with Gasteiger partial charge < -0.3 is 14.9 Å². The molecule has 2 N–H and O–H groups in total. The van der Waals surface area contributed by atoms with Crippen molar-refractivity contribution in [3.63, 3.8) is 0 Å². The Labute approximate surface area is 86.2 Å². The molecule has 0 aliphatic carbocycles. The minimum Gasteiger partial charge on any atom is -0.481 e. The molecule has 6 nitrogen and oxygen atoms in total. The highest BCUT2D eigenvalue weighted by Crippen LogP contribution is 2.15. The lowest BCUT2D eigenvalue weighted by Gasteiger charge is -2.11. The third-order valence-electron chi connectivity index (χ3n) is 1.64. The molecular formula is C9H12O6. The highest BCUT2D eigenvalue weighted by molar-refractivity contribution is 5.96. The van der Waals surface area contributed by atoms with Crippen molar-refractivity contribution >= 4 is 17.9 Å². The van der Waals surface area contributed by atoms with E-state index in [9.17, 15) is 14.4 Å². The number of carbonyl (C=O) groups is 3. The maximum Gasteiger partial charge on any atom is 0.334 e. The van der Waals surface area contributed by atoms with Gasteiger partial charge in [-0.05, 0) is 6.92 Å². The van der Waals surface area contributed by atoms with E-state index < -0.39 is 30.2 Å². The summed E-state index contributed by atoms with van der Waals surface area (Å²) >= 11 is 0. The van der Waals surface area contributed by atoms with Gasteiger partial charge in [0.15, 0.2) is 0 Å². The summed E-state index contributed by atoms with van der Waals surface area (Å²) < 4.78 is 4.52. The van der Waals surface area contributed by atoms with Gasteiger partial charge in [0.25, 0.3) is 0 Å². The molecule has 0 aliphatic heterocycles. The molecule has 0 heterocycles. The van der Waals surface area contributed by atoms with Crippen molar-refractivity contribution in [1.82, 2.24) is 0 Å². The van der Waals surface area contributed by atoms with E-state index in [2.05, 4.69) is 11.3 Å². The van der Waals surface area contributed by atoms with Crippen molar-refractivity contribution in [1.29, 1.82) is 0 Å². The van der Waals surface area contributed by atoms with Gasteiger partial charge >= 0.3 is 17.9 Å². The summed E-state index contributed by atoms with van der Waals surface area (Å²) in [5, 5.41) is 17.1. The molecule has 1 unspecified atom stereocenters. The Hall–Kier alpha value is -1.85. The average molecular weight is 216 g/mol. The molecule has 0 aromatic rings. The van der Waals surface area contributed by atoms with E-state index in [1.165, 1.54) is 0 Å². The number of carboxylic acids is 2. The number of hydrogen-bond acceptors (Lipinski definition) is 4. The van der Waals surface area contributed by atoms with E-state index in [-0.39, 0.29) is 12.2 Å². The number of ether oxygens (including phenoxy) is 1. The minimum atomic E-state index is -1.44. The second-order valence-electron chi connectivity index (χ2n) is 2.73. The first-order valence-electron chi connectivity index (χ1n) is 4.20. The number of aliphatic carboxylic acids is 2. The molecule has 0 radical (unpaired) electrons. The van der Waals surface area contributed by atoms with Crippen LogP contribution in [0.3, 0.4) is 0 Å². The summed E-state index contributed by atoms with van der Waals surface area (Å²) in [6.45, 7) is 4.86. The third kappa shape index (κ3) is 4.26. The molecule has 0 bridgehead atoms. The maximum atomic E-state index is 11.1. The zero-order valence-corrected chi connectivity index (χ0v) is 8.23. The highest BCUT2D eigenvalue weighted by Gasteiger charge is 2.28. The Balaban J connectivity index is 4.63. The van der Waals surface area contributed by atoms with Crippen molar-refractivity contribution in [2.24, 2.45) is 5.92 Å². The fraction of sp³-hybridized carbons (Fsp3) is 0.444. The van der Waals surface area contributed by atoms with Crippen LogP contribution < -0.4 is 0 Å². The first kappa shape index (κ1) is 13.2. The first-order chi connectivity index (χ1) is 6.90. The number of carbonyl (C=O) groups excluding carboxylic acids is 1. The predicted molar refractivity (Wildman–Crippen MR) is 49.2 cm³/mol. The van der Waals surface area contributed by atoms with Crippen molar-refractivity contribution in [3.05, 3.63) is 12.2 Å². The smallest absolute Gasteiger partial charge is 0.334 e. The zero-order valence-electron chi connectivity index (χ0n) is 8.23. The Bertz CT molecular complexity index is 293. The van der Waals surface area contributed by atoms with E-state index >= 15 is 0 Å². The van der Waals surface area contributed by atoms with Crippen molar-refractivity contribution in [3.8, 4) is 0 Å². The van der Waals surface area contributed by atoms with Gasteiger partial charge in [-0.15, -0.1) is 0 Å². The number of esters is 1. The molecule has 0 saturated carbocycles. The van der Waals surface area contributed by atoms with Gasteiger partial charge in [0, 0.05) is 5.57 Å². The first-order valence-corrected chi connectivity index (χ1v) is 4.20. The van der Waals surface area contributed by atoms with Crippen LogP contribution in [0, 0.1) is 5.92 Å². The quantitative estimate of drug-likeness (QED) is 0.488. The van der Waals surface area contributed by atoms with Gasteiger partial charge in [-0.1, -0.05) is 6.58 Å². The fourth-order valence-corrected chi connectivity index (χ4v) is 0.900. The minimum absolute atomic E-state index is 0.0806. The van der Waals surface area contributed by atoms with E-state index in [0.29, 0.717) is 0 Å². The maximum absolute atomic E-state index is 11.1. The lowest BCUT2D eigenvalue weighted by Crippen LogP contribution is -2.24. The molecule has 0 fully saturated rings. The van der Waals surface area contributed by atoms with Crippen LogP contribution in [0.2, 0.25) is 0 Å². The molecule has 0 amide bonds. The van der Waals surface area contributed by atoms with Crippen LogP contribution in [0.15, 0.2) is 12.2 Å². The Morgan fingerprint density at radius 2 is 1.87 bits per heavy atom. The number of carboxylic acid groups (broad SMARTS) is 2. The molecule has 6 heteroatoms. The van der Waals surface area contributed by atoms with Crippen molar-refractivity contribution in [2.75, 3.05) is 6.61 Å². The molecular weight excluding hydrogens is 204 g/mol. The van der Waals surface area contributed by atoms with E-state index in [1.807, 2.05) is 0 Å². The highest BCUT2D eigenvalue weighted by atomic mass is 16.5. The van der Waals surface area contributed by atoms with Crippen LogP contribution in [0.4, 0.5) is 0 Å². The van der Waals surface area contributed by atoms with Crippen LogP contribution in [-0.2, 0) is 19.1 Å². The lowest BCUT2D eigenvalue weighted by atomic mass is 9.97. The second kappa shape index (κ2) is 5.79. The molecule has 1 atom stereocenters. The molecule has 0 aromatic carbocycles. The van der Waals surface area contributed by atoms with Gasteiger partial charge in [-0.25, -0.2) is 4.79 Å². The summed E-state index contributed by atoms with van der Waals surface area (Å²) in [5.74, 6) is -5.05. The topological polar surface area (TPSA) is 101 Å². The van der Waals surface area contributed by atoms with Gasteiger partial charge in [0.1, 0.15) is 0 Å². The molecule has 15 heavy (non-hydrogen) atoms. The number of hydrogen-bond donors (Lipinski definition) is 2. The zero-order chi connectivity index (χ0) is 12.0. The van der Waals surface area contributed by atoms with Gasteiger partial charge in [-0.3, -0.25) is 9.59 Å². The molecule has 0 aliphatic rings. The van der Waals surface area contributed by atoms with E-state index in [0.717, 1.165) is 0 Å². The van der Waals surface area contributed by atoms with Crippen LogP contribution >= 0.6 is 0 Å². The van der Waals surface area contributed by atoms with Crippen LogP contribution in [-0.4, -0.2) is 34.7 Å². The number of rotatable bonds is 6. The second-order valence-corrected chi connectivity index (χ2v) is 2.73. The van der Waals surface area contributed by atoms with Crippen molar-refractivity contribution in [2.45, 2.75) is 13.3 Å². The Kier molecular flexibility index (Phi) is 5.08. The van der Waals surface area contributed by atoms with E-state index in [1.54, 1.807) is 6.92 Å². The van der Waals surface area contributed by atoms with Gasteiger partial charge in [-0.2, -0.15) is 0 Å². The van der Waals surface area contributed by atoms with Crippen molar-refractivity contribution < 1.29 is 29.3 Å². The summed E-state index contributed by atoms with van der Waals surface area (Å²) in [6.07, 6.45) is -0.688. The molecule has 0 spiro atoms. The monoisotopic (exact) mass is 216 g/mol. The lowest BCUT2D eigenvalue weighted by molar-refractivity contribution is -0.149. The Morgan fingerprint density at radius 1 is 1.33 bits per heavy atom. The summed E-state index contributed by atoms with van der Waals surface area (Å²) in [7, 11) is 0. The van der Waals surface area contributed by atoms with Crippen LogP contribution in [0.25, 0.3) is 0 Å². The predicted octanol–water partition coefficient (Wildman–Crippen LogP) is 0.281. The standard InChI is InChI=1S/C9H12O6/c1-3-15-9(14)5(2)6(8(12)13)4-7(10)11/h6H,2-4H2,1H3,(H,10,11)(H,12,13).